The van der Waals surface area contributed by atoms with Gasteiger partial charge < -0.3 is 4.90 Å². The van der Waals surface area contributed by atoms with Crippen molar-refractivity contribution < 1.29 is 4.79 Å². The summed E-state index contributed by atoms with van der Waals surface area (Å²) < 4.78 is 0. The van der Waals surface area contributed by atoms with Crippen LogP contribution in [0, 0.1) is 0 Å². The summed E-state index contributed by atoms with van der Waals surface area (Å²) in [5, 5.41) is 0.160. The van der Waals surface area contributed by atoms with Crippen LogP contribution in [0.15, 0.2) is 30.3 Å². The first kappa shape index (κ1) is 12.4. The van der Waals surface area contributed by atoms with Crippen molar-refractivity contribution in [1.29, 1.82) is 0 Å². The van der Waals surface area contributed by atoms with Gasteiger partial charge in [-0.3, -0.25) is 4.79 Å². The number of halogens is 1. The summed E-state index contributed by atoms with van der Waals surface area (Å²) in [7, 11) is 0. The number of hydrogen-bond donors (Lipinski definition) is 0. The molecule has 1 saturated heterocycles. The van der Waals surface area contributed by atoms with Crippen LogP contribution in [0.25, 0.3) is 0 Å². The number of likely N-dealkylation sites (tertiary alicyclic amines) is 1. The standard InChI is InChI=1S/C14H18ClNO/c15-13-9-10-16(11-13)14(17)8-4-7-12-5-2-1-3-6-12/h1-3,5-6,13H,4,7-11H2. The average molecular weight is 252 g/mol. The van der Waals surface area contributed by atoms with E-state index in [9.17, 15) is 4.79 Å². The highest BCUT2D eigenvalue weighted by Crippen LogP contribution is 2.16. The number of amides is 1. The van der Waals surface area contributed by atoms with Gasteiger partial charge >= 0.3 is 0 Å². The molecule has 0 saturated carbocycles. The van der Waals surface area contributed by atoms with E-state index in [2.05, 4.69) is 12.1 Å². The molecule has 1 heterocycles. The second kappa shape index (κ2) is 6.06. The molecule has 1 amide bonds. The van der Waals surface area contributed by atoms with Gasteiger partial charge in [-0.05, 0) is 24.8 Å². The van der Waals surface area contributed by atoms with Crippen LogP contribution in [0.4, 0.5) is 0 Å². The van der Waals surface area contributed by atoms with Gasteiger partial charge in [0.15, 0.2) is 0 Å². The van der Waals surface area contributed by atoms with E-state index < -0.39 is 0 Å². The Morgan fingerprint density at radius 1 is 1.35 bits per heavy atom. The Labute approximate surface area is 108 Å². The normalized spacial score (nSPS) is 19.6. The van der Waals surface area contributed by atoms with Crippen LogP contribution in [-0.2, 0) is 11.2 Å². The molecule has 0 aliphatic carbocycles. The first-order valence-corrected chi connectivity index (χ1v) is 6.65. The molecule has 1 fully saturated rings. The highest BCUT2D eigenvalue weighted by Gasteiger charge is 2.23. The highest BCUT2D eigenvalue weighted by atomic mass is 35.5. The van der Waals surface area contributed by atoms with Crippen molar-refractivity contribution in [3.63, 3.8) is 0 Å². The van der Waals surface area contributed by atoms with E-state index in [1.807, 2.05) is 23.1 Å². The molecule has 2 nitrogen and oxygen atoms in total. The quantitative estimate of drug-likeness (QED) is 0.754. The molecule has 1 aromatic carbocycles. The van der Waals surface area contributed by atoms with Crippen LogP contribution in [-0.4, -0.2) is 29.3 Å². The maximum absolute atomic E-state index is 11.8. The Kier molecular flexibility index (Phi) is 4.43. The third-order valence-corrected chi connectivity index (χ3v) is 3.54. The lowest BCUT2D eigenvalue weighted by Gasteiger charge is -2.15. The van der Waals surface area contributed by atoms with Gasteiger partial charge in [-0.25, -0.2) is 0 Å². The van der Waals surface area contributed by atoms with Gasteiger partial charge in [-0.15, -0.1) is 11.6 Å². The Morgan fingerprint density at radius 2 is 2.12 bits per heavy atom. The fraction of sp³-hybridized carbons (Fsp3) is 0.500. The van der Waals surface area contributed by atoms with E-state index in [0.29, 0.717) is 6.42 Å². The number of carbonyl (C=O) groups excluding carboxylic acids is 1. The number of aryl methyl sites for hydroxylation is 1. The van der Waals surface area contributed by atoms with Gasteiger partial charge in [0, 0.05) is 19.5 Å². The molecule has 92 valence electrons. The second-order valence-corrected chi connectivity index (χ2v) is 5.18. The zero-order chi connectivity index (χ0) is 12.1. The zero-order valence-corrected chi connectivity index (χ0v) is 10.7. The number of benzene rings is 1. The molecular formula is C14H18ClNO. The highest BCUT2D eigenvalue weighted by molar-refractivity contribution is 6.21. The SMILES string of the molecule is O=C(CCCc1ccccc1)N1CCC(Cl)C1. The predicted molar refractivity (Wildman–Crippen MR) is 70.2 cm³/mol. The molecule has 1 unspecified atom stereocenters. The van der Waals surface area contributed by atoms with Gasteiger partial charge in [0.25, 0.3) is 0 Å². The third kappa shape index (κ3) is 3.74. The Hall–Kier alpha value is -1.02. The summed E-state index contributed by atoms with van der Waals surface area (Å²) in [5.41, 5.74) is 1.30. The van der Waals surface area contributed by atoms with Gasteiger partial charge in [0.1, 0.15) is 0 Å². The van der Waals surface area contributed by atoms with E-state index >= 15 is 0 Å². The number of nitrogens with zero attached hydrogens (tertiary/aromatic N) is 1. The van der Waals surface area contributed by atoms with Crippen LogP contribution in [0.5, 0.6) is 0 Å². The summed E-state index contributed by atoms with van der Waals surface area (Å²) in [6, 6.07) is 10.3. The van der Waals surface area contributed by atoms with Crippen LogP contribution in [0.3, 0.4) is 0 Å². The fourth-order valence-electron chi connectivity index (χ4n) is 2.19. The van der Waals surface area contributed by atoms with Crippen molar-refractivity contribution in [2.24, 2.45) is 0 Å². The lowest BCUT2D eigenvalue weighted by atomic mass is 10.1. The predicted octanol–water partition coefficient (Wildman–Crippen LogP) is 2.85. The van der Waals surface area contributed by atoms with Crippen molar-refractivity contribution in [3.05, 3.63) is 35.9 Å². The molecule has 0 N–H and O–H groups in total. The van der Waals surface area contributed by atoms with Gasteiger partial charge in [0.2, 0.25) is 5.91 Å². The number of hydrogen-bond acceptors (Lipinski definition) is 1. The van der Waals surface area contributed by atoms with E-state index in [4.69, 9.17) is 11.6 Å². The second-order valence-electron chi connectivity index (χ2n) is 4.56. The van der Waals surface area contributed by atoms with Crippen LogP contribution in [0.1, 0.15) is 24.8 Å². The Bertz CT molecular complexity index is 366. The van der Waals surface area contributed by atoms with Crippen molar-refractivity contribution in [1.82, 2.24) is 4.90 Å². The van der Waals surface area contributed by atoms with E-state index in [-0.39, 0.29) is 11.3 Å². The first-order valence-electron chi connectivity index (χ1n) is 6.21. The molecule has 3 heteroatoms. The van der Waals surface area contributed by atoms with Crippen LogP contribution >= 0.6 is 11.6 Å². The molecular weight excluding hydrogens is 234 g/mol. The molecule has 0 spiro atoms. The minimum absolute atomic E-state index is 0.160. The maximum atomic E-state index is 11.8. The van der Waals surface area contributed by atoms with Crippen molar-refractivity contribution in [2.75, 3.05) is 13.1 Å². The Morgan fingerprint density at radius 3 is 2.76 bits per heavy atom. The smallest absolute Gasteiger partial charge is 0.222 e. The monoisotopic (exact) mass is 251 g/mol. The Balaban J connectivity index is 1.70. The third-order valence-electron chi connectivity index (χ3n) is 3.18. The van der Waals surface area contributed by atoms with Gasteiger partial charge in [-0.2, -0.15) is 0 Å². The summed E-state index contributed by atoms with van der Waals surface area (Å²) in [6.45, 7) is 1.56. The molecule has 0 aromatic heterocycles. The van der Waals surface area contributed by atoms with Gasteiger partial charge in [0.05, 0.1) is 5.38 Å². The van der Waals surface area contributed by atoms with Crippen molar-refractivity contribution >= 4 is 17.5 Å². The average Bonchev–Trinajstić information content (AvgIpc) is 2.77. The van der Waals surface area contributed by atoms with Crippen LogP contribution in [0.2, 0.25) is 0 Å². The molecule has 1 atom stereocenters. The fourth-order valence-corrected chi connectivity index (χ4v) is 2.45. The van der Waals surface area contributed by atoms with Crippen molar-refractivity contribution in [3.8, 4) is 0 Å². The topological polar surface area (TPSA) is 20.3 Å². The number of rotatable bonds is 4. The minimum Gasteiger partial charge on any atom is -0.341 e. The van der Waals surface area contributed by atoms with E-state index in [1.165, 1.54) is 5.56 Å². The lowest BCUT2D eigenvalue weighted by molar-refractivity contribution is -0.130. The zero-order valence-electron chi connectivity index (χ0n) is 9.94. The van der Waals surface area contributed by atoms with Crippen molar-refractivity contribution in [2.45, 2.75) is 31.1 Å². The molecule has 17 heavy (non-hydrogen) atoms. The summed E-state index contributed by atoms with van der Waals surface area (Å²) >= 11 is 5.99. The summed E-state index contributed by atoms with van der Waals surface area (Å²) in [5.74, 6) is 0.254. The molecule has 1 aromatic rings. The van der Waals surface area contributed by atoms with Crippen LogP contribution < -0.4 is 0 Å². The molecule has 1 aliphatic rings. The van der Waals surface area contributed by atoms with Gasteiger partial charge in [-0.1, -0.05) is 30.3 Å². The largest absolute Gasteiger partial charge is 0.341 e. The molecule has 0 bridgehead atoms. The summed E-state index contributed by atoms with van der Waals surface area (Å²) in [4.78, 5) is 13.7. The molecule has 2 rings (SSSR count). The maximum Gasteiger partial charge on any atom is 0.222 e. The lowest BCUT2D eigenvalue weighted by Crippen LogP contribution is -2.28. The van der Waals surface area contributed by atoms with E-state index in [0.717, 1.165) is 32.4 Å². The summed E-state index contributed by atoms with van der Waals surface area (Å²) in [6.07, 6.45) is 3.47. The number of alkyl halides is 1. The first-order chi connectivity index (χ1) is 8.25. The number of carbonyl (C=O) groups is 1. The van der Waals surface area contributed by atoms with E-state index in [1.54, 1.807) is 0 Å². The molecule has 1 aliphatic heterocycles. The minimum atomic E-state index is 0.160. The molecule has 0 radical (unpaired) electrons.